The van der Waals surface area contributed by atoms with Crippen molar-refractivity contribution < 1.29 is 19.1 Å². The van der Waals surface area contributed by atoms with Gasteiger partial charge in [-0.1, -0.05) is 11.6 Å². The second kappa shape index (κ2) is 5.99. The lowest BCUT2D eigenvalue weighted by Crippen LogP contribution is -2.47. The molecule has 0 aromatic rings. The number of nitrogens with zero attached hydrogens (tertiary/aromatic N) is 1. The number of amides is 1. The molecular weight excluding hydrogens is 270 g/mol. The summed E-state index contributed by atoms with van der Waals surface area (Å²) in [6.07, 6.45) is 0.782. The van der Waals surface area contributed by atoms with E-state index in [1.54, 1.807) is 4.90 Å². The fraction of sp³-hybridized carbons (Fsp3) is 0.846. The van der Waals surface area contributed by atoms with Gasteiger partial charge in [-0.05, 0) is 40.5 Å². The Morgan fingerprint density at radius 1 is 1.26 bits per heavy atom. The fourth-order valence-corrected chi connectivity index (χ4v) is 2.04. The summed E-state index contributed by atoms with van der Waals surface area (Å²) in [5, 5.41) is 0. The van der Waals surface area contributed by atoms with Crippen molar-refractivity contribution in [2.24, 2.45) is 5.41 Å². The number of ether oxygens (including phenoxy) is 2. The summed E-state index contributed by atoms with van der Waals surface area (Å²) in [6, 6.07) is -0.135. The van der Waals surface area contributed by atoms with Crippen LogP contribution in [0.15, 0.2) is 0 Å². The van der Waals surface area contributed by atoms with E-state index < -0.39 is 11.0 Å². The number of hydrogen-bond donors (Lipinski definition) is 0. The van der Waals surface area contributed by atoms with Gasteiger partial charge in [0.1, 0.15) is 5.60 Å². The van der Waals surface area contributed by atoms with Crippen molar-refractivity contribution in [3.05, 3.63) is 0 Å². The van der Waals surface area contributed by atoms with E-state index in [0.717, 1.165) is 0 Å². The van der Waals surface area contributed by atoms with Gasteiger partial charge in [0.25, 0.3) is 0 Å². The van der Waals surface area contributed by atoms with Crippen molar-refractivity contribution in [2.45, 2.75) is 46.1 Å². The van der Waals surface area contributed by atoms with Gasteiger partial charge >= 0.3 is 12.1 Å². The highest BCUT2D eigenvalue weighted by molar-refractivity contribution is 6.17. The highest BCUT2D eigenvalue weighted by atomic mass is 35.5. The first-order valence-electron chi connectivity index (χ1n) is 6.39. The van der Waals surface area contributed by atoms with Crippen LogP contribution in [0.25, 0.3) is 0 Å². The van der Waals surface area contributed by atoms with Crippen LogP contribution in [0.5, 0.6) is 0 Å². The van der Waals surface area contributed by atoms with Gasteiger partial charge in [0.15, 0.2) is 6.07 Å². The Morgan fingerprint density at radius 3 is 2.21 bits per heavy atom. The van der Waals surface area contributed by atoms with Gasteiger partial charge in [-0.15, -0.1) is 0 Å². The number of halogens is 1. The van der Waals surface area contributed by atoms with Gasteiger partial charge in [-0.3, -0.25) is 4.79 Å². The van der Waals surface area contributed by atoms with Crippen molar-refractivity contribution in [1.82, 2.24) is 4.90 Å². The van der Waals surface area contributed by atoms with E-state index in [9.17, 15) is 9.59 Å². The largest absolute Gasteiger partial charge is 0.449 e. The number of carbonyl (C=O) groups excluding carboxylic acids is 2. The van der Waals surface area contributed by atoms with Crippen LogP contribution < -0.4 is 0 Å². The maximum Gasteiger partial charge on any atom is 0.410 e. The Balaban J connectivity index is 2.53. The lowest BCUT2D eigenvalue weighted by molar-refractivity contribution is -0.155. The summed E-state index contributed by atoms with van der Waals surface area (Å²) in [5.41, 5.74) is -1.07. The monoisotopic (exact) mass is 291 g/mol. The molecule has 0 bridgehead atoms. The Morgan fingerprint density at radius 2 is 1.79 bits per heavy atom. The minimum absolute atomic E-state index is 0.135. The lowest BCUT2D eigenvalue weighted by Gasteiger charge is -2.37. The van der Waals surface area contributed by atoms with E-state index in [1.165, 1.54) is 0 Å². The lowest BCUT2D eigenvalue weighted by atomic mass is 9.80. The average molecular weight is 292 g/mol. The number of alkyl halides is 1. The van der Waals surface area contributed by atoms with E-state index in [-0.39, 0.29) is 18.1 Å². The quantitative estimate of drug-likeness (QED) is 0.580. The molecule has 0 aromatic carbocycles. The summed E-state index contributed by atoms with van der Waals surface area (Å²) in [5.74, 6) is -0.300. The maximum absolute atomic E-state index is 11.9. The molecule has 6 heteroatoms. The highest BCUT2D eigenvalue weighted by Gasteiger charge is 2.40. The molecule has 19 heavy (non-hydrogen) atoms. The van der Waals surface area contributed by atoms with E-state index in [0.29, 0.717) is 25.9 Å². The Kier molecular flexibility index (Phi) is 5.07. The first-order valence-corrected chi connectivity index (χ1v) is 6.92. The van der Waals surface area contributed by atoms with Crippen LogP contribution in [0.2, 0.25) is 0 Å². The zero-order valence-corrected chi connectivity index (χ0v) is 12.7. The summed E-state index contributed by atoms with van der Waals surface area (Å²) >= 11 is 5.40. The van der Waals surface area contributed by atoms with Gasteiger partial charge < -0.3 is 14.4 Å². The van der Waals surface area contributed by atoms with Crippen molar-refractivity contribution in [3.63, 3.8) is 0 Å². The molecule has 0 unspecified atom stereocenters. The van der Waals surface area contributed by atoms with Crippen LogP contribution >= 0.6 is 11.6 Å². The zero-order chi connectivity index (χ0) is 14.7. The second-order valence-corrected chi connectivity index (χ2v) is 6.29. The molecule has 1 amide bonds. The third-order valence-corrected chi connectivity index (χ3v) is 3.31. The first kappa shape index (κ1) is 16.1. The predicted molar refractivity (Wildman–Crippen MR) is 72.0 cm³/mol. The van der Waals surface area contributed by atoms with E-state index >= 15 is 0 Å². The van der Waals surface area contributed by atoms with Crippen LogP contribution in [0.3, 0.4) is 0 Å². The van der Waals surface area contributed by atoms with Gasteiger partial charge in [-0.2, -0.15) is 0 Å². The number of piperidine rings is 1. The van der Waals surface area contributed by atoms with E-state index in [2.05, 4.69) is 0 Å². The number of esters is 1. The molecule has 0 radical (unpaired) electrons. The highest BCUT2D eigenvalue weighted by Crippen LogP contribution is 2.32. The number of rotatable bonds is 2. The second-order valence-electron chi connectivity index (χ2n) is 6.07. The molecule has 1 rings (SSSR count). The molecule has 5 nitrogen and oxygen atoms in total. The Hall–Kier alpha value is -0.970. The summed E-state index contributed by atoms with van der Waals surface area (Å²) in [7, 11) is 0. The molecule has 0 aliphatic carbocycles. The van der Waals surface area contributed by atoms with Crippen molar-refractivity contribution in [2.75, 3.05) is 19.2 Å². The molecule has 1 saturated heterocycles. The van der Waals surface area contributed by atoms with Gasteiger partial charge in [0.2, 0.25) is 0 Å². The average Bonchev–Trinajstić information content (AvgIpc) is 2.27. The standard InChI is InChI=1S/C13H22ClNO4/c1-12(2,3)19-11(17)15-7-5-13(4,6-8-15)10(16)18-9-14/h5-9H2,1-4H3. The van der Waals surface area contributed by atoms with Crippen LogP contribution in [0.4, 0.5) is 4.79 Å². The molecule has 1 aliphatic heterocycles. The van der Waals surface area contributed by atoms with Gasteiger partial charge in [0.05, 0.1) is 5.41 Å². The fourth-order valence-electron chi connectivity index (χ4n) is 1.94. The minimum Gasteiger partial charge on any atom is -0.449 e. The molecule has 1 fully saturated rings. The summed E-state index contributed by atoms with van der Waals surface area (Å²) < 4.78 is 10.2. The molecule has 1 aliphatic rings. The zero-order valence-electron chi connectivity index (χ0n) is 12.0. The predicted octanol–water partition coefficient (Wildman–Crippen LogP) is 2.76. The maximum atomic E-state index is 11.9. The van der Waals surface area contributed by atoms with Gasteiger partial charge in [-0.25, -0.2) is 4.79 Å². The van der Waals surface area contributed by atoms with Crippen molar-refractivity contribution >= 4 is 23.7 Å². The van der Waals surface area contributed by atoms with E-state index in [4.69, 9.17) is 21.1 Å². The topological polar surface area (TPSA) is 55.8 Å². The molecule has 0 spiro atoms. The Bertz CT molecular complexity index is 343. The molecule has 110 valence electrons. The van der Waals surface area contributed by atoms with Crippen molar-refractivity contribution in [3.8, 4) is 0 Å². The SMILES string of the molecule is CC(C)(C)OC(=O)N1CCC(C)(C(=O)OCCl)CC1. The third-order valence-electron chi connectivity index (χ3n) is 3.20. The molecule has 1 heterocycles. The van der Waals surface area contributed by atoms with Crippen LogP contribution in [0.1, 0.15) is 40.5 Å². The molecule has 0 atom stereocenters. The number of hydrogen-bond acceptors (Lipinski definition) is 4. The molecule has 0 aromatic heterocycles. The third kappa shape index (κ3) is 4.56. The summed E-state index contributed by atoms with van der Waals surface area (Å²) in [4.78, 5) is 25.3. The Labute approximate surface area is 119 Å². The number of likely N-dealkylation sites (tertiary alicyclic amines) is 1. The summed E-state index contributed by atoms with van der Waals surface area (Å²) in [6.45, 7) is 8.31. The van der Waals surface area contributed by atoms with Crippen LogP contribution in [0, 0.1) is 5.41 Å². The minimum atomic E-state index is -0.562. The molecule has 0 saturated carbocycles. The molecular formula is C13H22ClNO4. The smallest absolute Gasteiger partial charge is 0.410 e. The van der Waals surface area contributed by atoms with E-state index in [1.807, 2.05) is 27.7 Å². The van der Waals surface area contributed by atoms with Crippen molar-refractivity contribution in [1.29, 1.82) is 0 Å². The molecule has 0 N–H and O–H groups in total. The van der Waals surface area contributed by atoms with Crippen LogP contribution in [-0.2, 0) is 14.3 Å². The van der Waals surface area contributed by atoms with Gasteiger partial charge in [0, 0.05) is 13.1 Å². The van der Waals surface area contributed by atoms with Crippen LogP contribution in [-0.4, -0.2) is 41.7 Å². The normalized spacial score (nSPS) is 18.9. The number of carbonyl (C=O) groups is 2. The first-order chi connectivity index (χ1) is 8.68.